The van der Waals surface area contributed by atoms with Gasteiger partial charge in [-0.05, 0) is 239 Å². The molecule has 0 aromatic heterocycles. The fourth-order valence-corrected chi connectivity index (χ4v) is 45.7. The number of nitrogens with zero attached hydrogens (tertiary/aromatic N) is 5. The first-order valence-corrected chi connectivity index (χ1v) is 68.7. The SMILES string of the molecule is CC(C)C1C[Si](C)(C)CC1C(C)C.CC(C)C1C[Si](C)(C)CCN1C(C)C.CC(C)C1C[Si](C)(C)CN1C(C)C.CC(C)C1C[Si](C)(C)OC1C(C)C.CC(C)C1C[Si](F)(F)CC1C(C)C.CC(C)C1C[Si](F)(F)CN1C(C)C.CC(C)C1O[Si](C)(C)OCN1C(C)C.CC[Si]1(CC)CC(C(C)C)N(C(C)C)C1. The van der Waals surface area contributed by atoms with Gasteiger partial charge in [-0.3, -0.25) is 31.1 Å². The normalized spacial score (nSPS) is 30.2. The maximum atomic E-state index is 13.3. The van der Waals surface area contributed by atoms with Crippen molar-refractivity contribution in [3.63, 3.8) is 0 Å². The van der Waals surface area contributed by atoms with Crippen molar-refractivity contribution >= 4 is 66.7 Å². The molecule has 8 fully saturated rings. The summed E-state index contributed by atoms with van der Waals surface area (Å²) in [6, 6.07) is 19.8. The summed E-state index contributed by atoms with van der Waals surface area (Å²) < 4.78 is 71.2. The largest absolute Gasteiger partial charge is 0.439 e. The second-order valence-electron chi connectivity index (χ2n) is 45.0. The van der Waals surface area contributed by atoms with Gasteiger partial charge in [-0.1, -0.05) is 230 Å². The van der Waals surface area contributed by atoms with Crippen LogP contribution in [0.25, 0.3) is 0 Å². The van der Waals surface area contributed by atoms with Gasteiger partial charge in [0, 0.05) is 80.6 Å². The Morgan fingerprint density at radius 3 is 0.963 bits per heavy atom. The Hall–Kier alpha value is 1.14. The highest BCUT2D eigenvalue weighted by Gasteiger charge is 2.53. The molecule has 8 aliphatic rings. The van der Waals surface area contributed by atoms with Crippen molar-refractivity contribution < 1.29 is 29.7 Å². The lowest BCUT2D eigenvalue weighted by Crippen LogP contribution is -2.58. The molecule has 8 rings (SSSR count). The summed E-state index contributed by atoms with van der Waals surface area (Å²) in [4.78, 5) is 12.5. The summed E-state index contributed by atoms with van der Waals surface area (Å²) in [5.41, 5.74) is 0. The van der Waals surface area contributed by atoms with Gasteiger partial charge in [0.15, 0.2) is 8.32 Å². The summed E-state index contributed by atoms with van der Waals surface area (Å²) in [5, 5.41) is 0. The first kappa shape index (κ1) is 107. The van der Waals surface area contributed by atoms with E-state index in [-0.39, 0.29) is 54.4 Å². The molecule has 8 heterocycles. The second-order valence-corrected chi connectivity index (χ2v) is 78.1. The minimum atomic E-state index is -3.87. The van der Waals surface area contributed by atoms with Crippen LogP contribution in [-0.2, 0) is 13.3 Å². The van der Waals surface area contributed by atoms with E-state index in [1.165, 1.54) is 55.1 Å². The fraction of sp³-hybridized carbons (Fsp3) is 1.00. The van der Waals surface area contributed by atoms with E-state index in [9.17, 15) is 16.4 Å². The van der Waals surface area contributed by atoms with Crippen molar-refractivity contribution in [1.82, 2.24) is 24.5 Å². The lowest BCUT2D eigenvalue weighted by molar-refractivity contribution is -0.128. The molecule has 0 spiro atoms. The minimum absolute atomic E-state index is 0.0769. The summed E-state index contributed by atoms with van der Waals surface area (Å²) in [7, 11) is -14.2. The second kappa shape index (κ2) is 45.5. The van der Waals surface area contributed by atoms with Crippen molar-refractivity contribution in [2.45, 2.75) is 440 Å². The van der Waals surface area contributed by atoms with Crippen molar-refractivity contribution in [1.29, 1.82) is 0 Å². The quantitative estimate of drug-likeness (QED) is 0.0764. The minimum Gasteiger partial charge on any atom is -0.414 e. The van der Waals surface area contributed by atoms with Gasteiger partial charge in [-0.25, -0.2) is 0 Å². The molecular weight excluding hydrogens is 1480 g/mol. The van der Waals surface area contributed by atoms with Crippen LogP contribution in [0.5, 0.6) is 0 Å². The Kier molecular flexibility index (Phi) is 45.2. The van der Waals surface area contributed by atoms with Gasteiger partial charge in [-0.15, -0.1) is 0 Å². The molecule has 0 aliphatic carbocycles. The Bertz CT molecular complexity index is 2080. The first-order valence-electron chi connectivity index (χ1n) is 45.3. The molecule has 108 heavy (non-hydrogen) atoms. The average Bonchev–Trinajstić information content (AvgIpc) is 1.77. The van der Waals surface area contributed by atoms with Crippen LogP contribution in [0.15, 0.2) is 0 Å². The zero-order chi connectivity index (χ0) is 84.6. The highest BCUT2D eigenvalue weighted by Crippen LogP contribution is 2.50. The van der Waals surface area contributed by atoms with E-state index in [1.807, 2.05) is 32.6 Å². The van der Waals surface area contributed by atoms with Gasteiger partial charge < -0.3 is 23.1 Å². The van der Waals surface area contributed by atoms with Crippen molar-refractivity contribution in [2.24, 2.45) is 94.7 Å². The van der Waals surface area contributed by atoms with E-state index in [4.69, 9.17) is 13.3 Å². The third kappa shape index (κ3) is 35.2. The monoisotopic (exact) mass is 1670 g/mol. The molecule has 11 unspecified atom stereocenters. The topological polar surface area (TPSA) is 43.9 Å². The third-order valence-corrected chi connectivity index (χ3v) is 49.3. The third-order valence-electron chi connectivity index (χ3n) is 27.0. The molecule has 0 amide bonds. The van der Waals surface area contributed by atoms with Crippen LogP contribution in [0.4, 0.5) is 16.4 Å². The molecule has 8 nitrogen and oxygen atoms in total. The average molecular weight is 1670 g/mol. The number of rotatable bonds is 18. The molecule has 0 aromatic rings. The number of halogens is 4. The van der Waals surface area contributed by atoms with Crippen LogP contribution in [0, 0.1) is 94.7 Å². The molecule has 8 saturated heterocycles. The van der Waals surface area contributed by atoms with Crippen LogP contribution >= 0.6 is 0 Å². The molecule has 0 radical (unpaired) electrons. The first-order chi connectivity index (χ1) is 48.8. The Morgan fingerprint density at radius 2 is 0.648 bits per heavy atom. The number of hydrogen-bond donors (Lipinski definition) is 0. The van der Waals surface area contributed by atoms with Gasteiger partial charge in [0.1, 0.15) is 6.23 Å². The van der Waals surface area contributed by atoms with E-state index < -0.39 is 66.7 Å². The molecule has 0 saturated carbocycles. The summed E-state index contributed by atoms with van der Waals surface area (Å²) in [6.07, 6.45) is 3.70. The van der Waals surface area contributed by atoms with E-state index in [0.717, 1.165) is 96.2 Å². The van der Waals surface area contributed by atoms with Crippen LogP contribution in [0.1, 0.15) is 235 Å². The van der Waals surface area contributed by atoms with E-state index in [0.29, 0.717) is 41.7 Å². The highest BCUT2D eigenvalue weighted by atomic mass is 28.4. The van der Waals surface area contributed by atoms with Crippen molar-refractivity contribution in [3.05, 3.63) is 0 Å². The zero-order valence-corrected chi connectivity index (χ0v) is 88.6. The molecule has 648 valence electrons. The maximum Gasteiger partial charge on any atom is 0.439 e. The Labute approximate surface area is 682 Å². The van der Waals surface area contributed by atoms with Gasteiger partial charge in [0.05, 0.1) is 43.2 Å². The zero-order valence-electron chi connectivity index (χ0n) is 80.6. The van der Waals surface area contributed by atoms with Crippen molar-refractivity contribution in [3.8, 4) is 0 Å². The van der Waals surface area contributed by atoms with E-state index >= 15 is 0 Å². The van der Waals surface area contributed by atoms with Crippen LogP contribution < -0.4 is 0 Å². The van der Waals surface area contributed by atoms with Gasteiger partial charge in [0.2, 0.25) is 0 Å². The smallest absolute Gasteiger partial charge is 0.414 e. The summed E-state index contributed by atoms with van der Waals surface area (Å²) in [6.45, 7) is 104. The predicted molar refractivity (Wildman–Crippen MR) is 494 cm³/mol. The lowest BCUT2D eigenvalue weighted by Gasteiger charge is -2.46. The molecule has 0 N–H and O–H groups in total. The fourth-order valence-electron chi connectivity index (χ4n) is 20.1. The molecule has 11 atom stereocenters. The van der Waals surface area contributed by atoms with Crippen LogP contribution in [0.2, 0.25) is 138 Å². The summed E-state index contributed by atoms with van der Waals surface area (Å²) >= 11 is 0. The standard InChI is InChI=1S/C13H29NSi.C12H27NSi.C12H26Si.C11H25NSi.C11H24OSi.C10H20F2Si.C10H23NO2Si.C9H19F2NSi/c1-7-15(8-2)9-13(11(3)4)14(10-15)12(5)6;1-10(2)12-9-14(5,6)8-7-13(12)11(3)4;2*1-9(2)11-7-13(5,6)8-12(11)10(3)4;1-8(2)10-7-13(5,6)12-11(10)9(3)4;1-7(2)9-5-13(11,12)6-10(9)8(3)4;1-8(2)10-11(9(3)4)7-12-14(5,6)13-10;1-7(2)9-5-13(10,11)6-12(9)8(3)4/h11-13H,7-10H2,1-6H3;10-12H,7-9H2,1-6H3;9-12H,7-8H2,1-6H3;9-11H,7-8H2,1-6H3;8-11H,7H2,1-6H3;7-10H,5-6H2,1-4H3;8-10H,7H2,1-6H3;7-9H,5-6H2,1-4H3. The Balaban J connectivity index is 0.000000617. The van der Waals surface area contributed by atoms with Crippen molar-refractivity contribution in [2.75, 3.05) is 31.8 Å². The van der Waals surface area contributed by atoms with E-state index in [1.54, 1.807) is 18.1 Å². The van der Waals surface area contributed by atoms with Gasteiger partial charge in [0.25, 0.3) is 0 Å². The molecule has 0 aromatic carbocycles. The van der Waals surface area contributed by atoms with Crippen LogP contribution in [0.3, 0.4) is 0 Å². The molecule has 20 heteroatoms. The highest BCUT2D eigenvalue weighted by molar-refractivity contribution is 6.81. The van der Waals surface area contributed by atoms with E-state index in [2.05, 4.69) is 293 Å². The number of hydrogen-bond acceptors (Lipinski definition) is 8. The predicted octanol–water partition coefficient (Wildman–Crippen LogP) is 26.9. The molecule has 8 aliphatic heterocycles. The summed E-state index contributed by atoms with van der Waals surface area (Å²) in [5.74, 6) is 10.9. The van der Waals surface area contributed by atoms with Gasteiger partial charge >= 0.3 is 26.0 Å². The lowest BCUT2D eigenvalue weighted by atomic mass is 9.80. The molecular formula is C88H193F4N5O3Si8. The maximum absolute atomic E-state index is 13.3. The molecule has 0 bridgehead atoms. The van der Waals surface area contributed by atoms with Gasteiger partial charge in [-0.2, -0.15) is 0 Å². The van der Waals surface area contributed by atoms with Crippen LogP contribution in [-0.4, -0.2) is 190 Å². The Morgan fingerprint density at radius 1 is 0.306 bits per heavy atom.